The van der Waals surface area contributed by atoms with Crippen LogP contribution in [0.2, 0.25) is 0 Å². The van der Waals surface area contributed by atoms with Crippen molar-refractivity contribution in [3.8, 4) is 5.75 Å². The van der Waals surface area contributed by atoms with Crippen molar-refractivity contribution in [1.29, 1.82) is 0 Å². The summed E-state index contributed by atoms with van der Waals surface area (Å²) >= 11 is 9.80. The van der Waals surface area contributed by atoms with Crippen molar-refractivity contribution in [1.82, 2.24) is 9.78 Å². The highest BCUT2D eigenvalue weighted by atomic mass is 79.9. The van der Waals surface area contributed by atoms with Gasteiger partial charge in [-0.3, -0.25) is 4.68 Å². The van der Waals surface area contributed by atoms with Crippen LogP contribution in [0.4, 0.5) is 0 Å². The second kappa shape index (κ2) is 7.32. The van der Waals surface area contributed by atoms with Crippen LogP contribution in [0.15, 0.2) is 28.7 Å². The summed E-state index contributed by atoms with van der Waals surface area (Å²) in [7, 11) is 3.66. The molecule has 2 aromatic rings. The second-order valence-electron chi connectivity index (χ2n) is 5.25. The highest BCUT2D eigenvalue weighted by Gasteiger charge is 2.17. The Morgan fingerprint density at radius 1 is 1.38 bits per heavy atom. The smallest absolute Gasteiger partial charge is 0.119 e. The minimum absolute atomic E-state index is 0.366. The van der Waals surface area contributed by atoms with Crippen molar-refractivity contribution in [2.75, 3.05) is 13.0 Å². The summed E-state index contributed by atoms with van der Waals surface area (Å²) < 4.78 is 8.30. The lowest BCUT2D eigenvalue weighted by Crippen LogP contribution is -2.13. The van der Waals surface area contributed by atoms with Gasteiger partial charge in [-0.25, -0.2) is 0 Å². The molecule has 1 heterocycles. The number of alkyl halides is 1. The molecule has 0 radical (unpaired) electrons. The number of benzene rings is 1. The van der Waals surface area contributed by atoms with Crippen LogP contribution < -0.4 is 4.74 Å². The molecule has 0 aliphatic heterocycles. The fourth-order valence-electron chi connectivity index (χ4n) is 2.49. The Bertz CT molecular complexity index is 612. The van der Waals surface area contributed by atoms with Gasteiger partial charge in [-0.2, -0.15) is 5.10 Å². The standard InChI is InChI=1S/C16H20BrClN2O/c1-11-16(17)15(20(2)19-11)9-13(10-18)7-12-5-4-6-14(8-12)21-3/h4-6,8,13H,7,9-10H2,1-3H3. The molecule has 0 aliphatic carbocycles. The Kier molecular flexibility index (Phi) is 5.71. The van der Waals surface area contributed by atoms with Crippen molar-refractivity contribution >= 4 is 27.5 Å². The fourth-order valence-corrected chi connectivity index (χ4v) is 3.21. The first kappa shape index (κ1) is 16.4. The van der Waals surface area contributed by atoms with Crippen molar-refractivity contribution in [3.05, 3.63) is 45.7 Å². The number of hydrogen-bond acceptors (Lipinski definition) is 2. The lowest BCUT2D eigenvalue weighted by atomic mass is 9.96. The molecule has 21 heavy (non-hydrogen) atoms. The van der Waals surface area contributed by atoms with Gasteiger partial charge in [0.25, 0.3) is 0 Å². The van der Waals surface area contributed by atoms with E-state index < -0.39 is 0 Å². The van der Waals surface area contributed by atoms with Gasteiger partial charge in [0.05, 0.1) is 23.0 Å². The van der Waals surface area contributed by atoms with Crippen LogP contribution in [0.1, 0.15) is 17.0 Å². The lowest BCUT2D eigenvalue weighted by molar-refractivity contribution is 0.413. The molecule has 1 aromatic carbocycles. The Labute approximate surface area is 139 Å². The van der Waals surface area contributed by atoms with E-state index in [0.29, 0.717) is 11.8 Å². The minimum Gasteiger partial charge on any atom is -0.497 e. The molecule has 0 amide bonds. The largest absolute Gasteiger partial charge is 0.497 e. The molecule has 2 rings (SSSR count). The third-order valence-electron chi connectivity index (χ3n) is 3.62. The van der Waals surface area contributed by atoms with Crippen molar-refractivity contribution in [3.63, 3.8) is 0 Å². The highest BCUT2D eigenvalue weighted by Crippen LogP contribution is 2.25. The average Bonchev–Trinajstić information content (AvgIpc) is 2.73. The molecule has 0 spiro atoms. The van der Waals surface area contributed by atoms with Crippen molar-refractivity contribution in [2.45, 2.75) is 19.8 Å². The zero-order chi connectivity index (χ0) is 15.4. The summed E-state index contributed by atoms with van der Waals surface area (Å²) in [4.78, 5) is 0. The van der Waals surface area contributed by atoms with Gasteiger partial charge in [0.1, 0.15) is 5.75 Å². The maximum Gasteiger partial charge on any atom is 0.119 e. The van der Waals surface area contributed by atoms with Gasteiger partial charge in [-0.05, 0) is 59.3 Å². The third-order valence-corrected chi connectivity index (χ3v) is 5.09. The van der Waals surface area contributed by atoms with Gasteiger partial charge < -0.3 is 4.74 Å². The predicted molar refractivity (Wildman–Crippen MR) is 90.3 cm³/mol. The minimum atomic E-state index is 0.366. The molecule has 1 unspecified atom stereocenters. The van der Waals surface area contributed by atoms with E-state index in [-0.39, 0.29) is 0 Å². The molecule has 0 aliphatic rings. The topological polar surface area (TPSA) is 27.1 Å². The quantitative estimate of drug-likeness (QED) is 0.714. The van der Waals surface area contributed by atoms with E-state index >= 15 is 0 Å². The maximum absolute atomic E-state index is 6.18. The Balaban J connectivity index is 2.13. The lowest BCUT2D eigenvalue weighted by Gasteiger charge is -2.15. The van der Waals surface area contributed by atoms with Gasteiger partial charge in [-0.15, -0.1) is 11.6 Å². The van der Waals surface area contributed by atoms with E-state index in [4.69, 9.17) is 16.3 Å². The predicted octanol–water partition coefficient (Wildman–Crippen LogP) is 4.14. The van der Waals surface area contributed by atoms with Crippen molar-refractivity contribution < 1.29 is 4.74 Å². The number of ether oxygens (including phenoxy) is 1. The molecule has 0 N–H and O–H groups in total. The number of methoxy groups -OCH3 is 1. The summed E-state index contributed by atoms with van der Waals surface area (Å²) in [5, 5.41) is 4.44. The van der Waals surface area contributed by atoms with Crippen LogP contribution >= 0.6 is 27.5 Å². The van der Waals surface area contributed by atoms with Gasteiger partial charge in [0, 0.05) is 12.9 Å². The van der Waals surface area contributed by atoms with Crippen LogP contribution in [0.5, 0.6) is 5.75 Å². The molecule has 5 heteroatoms. The molecular weight excluding hydrogens is 352 g/mol. The monoisotopic (exact) mass is 370 g/mol. The fraction of sp³-hybridized carbons (Fsp3) is 0.438. The Morgan fingerprint density at radius 3 is 2.71 bits per heavy atom. The Hall–Kier alpha value is -1.00. The first-order chi connectivity index (χ1) is 10.0. The highest BCUT2D eigenvalue weighted by molar-refractivity contribution is 9.10. The average molecular weight is 372 g/mol. The molecule has 0 fully saturated rings. The molecule has 114 valence electrons. The van der Waals surface area contributed by atoms with Crippen LogP contribution in [-0.4, -0.2) is 22.8 Å². The third kappa shape index (κ3) is 4.01. The maximum atomic E-state index is 6.18. The van der Waals surface area contributed by atoms with E-state index in [2.05, 4.69) is 33.2 Å². The first-order valence-electron chi connectivity index (χ1n) is 6.92. The number of halogens is 2. The Morgan fingerprint density at radius 2 is 2.14 bits per heavy atom. The van der Waals surface area contributed by atoms with Crippen LogP contribution in [0.3, 0.4) is 0 Å². The first-order valence-corrected chi connectivity index (χ1v) is 8.24. The molecule has 0 saturated carbocycles. The van der Waals surface area contributed by atoms with Crippen LogP contribution in [0, 0.1) is 12.8 Å². The van der Waals surface area contributed by atoms with E-state index in [0.717, 1.165) is 28.8 Å². The SMILES string of the molecule is COc1cccc(CC(CCl)Cc2c(Br)c(C)nn2C)c1. The number of aryl methyl sites for hydroxylation is 2. The second-order valence-corrected chi connectivity index (χ2v) is 6.35. The van der Waals surface area contributed by atoms with Crippen LogP contribution in [0.25, 0.3) is 0 Å². The summed E-state index contributed by atoms with van der Waals surface area (Å²) in [5.41, 5.74) is 3.46. The molecule has 0 saturated heterocycles. The molecule has 1 aromatic heterocycles. The number of aromatic nitrogens is 2. The van der Waals surface area contributed by atoms with E-state index in [1.807, 2.05) is 30.8 Å². The molecular formula is C16H20BrClN2O. The molecule has 0 bridgehead atoms. The van der Waals surface area contributed by atoms with Gasteiger partial charge in [0.15, 0.2) is 0 Å². The number of hydrogen-bond donors (Lipinski definition) is 0. The zero-order valence-electron chi connectivity index (χ0n) is 12.6. The zero-order valence-corrected chi connectivity index (χ0v) is 14.9. The van der Waals surface area contributed by atoms with Gasteiger partial charge in [-0.1, -0.05) is 12.1 Å². The number of nitrogens with zero attached hydrogens (tertiary/aromatic N) is 2. The van der Waals surface area contributed by atoms with Gasteiger partial charge in [0.2, 0.25) is 0 Å². The van der Waals surface area contributed by atoms with Gasteiger partial charge >= 0.3 is 0 Å². The summed E-state index contributed by atoms with van der Waals surface area (Å²) in [6.07, 6.45) is 1.83. The van der Waals surface area contributed by atoms with E-state index in [1.54, 1.807) is 7.11 Å². The normalized spacial score (nSPS) is 12.4. The van der Waals surface area contributed by atoms with E-state index in [1.165, 1.54) is 11.3 Å². The van der Waals surface area contributed by atoms with Crippen molar-refractivity contribution in [2.24, 2.45) is 13.0 Å². The molecule has 1 atom stereocenters. The molecule has 3 nitrogen and oxygen atoms in total. The summed E-state index contributed by atoms with van der Waals surface area (Å²) in [6, 6.07) is 8.17. The summed E-state index contributed by atoms with van der Waals surface area (Å²) in [6.45, 7) is 2.01. The summed E-state index contributed by atoms with van der Waals surface area (Å²) in [5.74, 6) is 1.87. The van der Waals surface area contributed by atoms with E-state index in [9.17, 15) is 0 Å². The number of rotatable bonds is 6. The van der Waals surface area contributed by atoms with Crippen LogP contribution in [-0.2, 0) is 19.9 Å².